The average molecular weight is 267 g/mol. The third-order valence-electron chi connectivity index (χ3n) is 2.42. The molecule has 1 unspecified atom stereocenters. The molecule has 1 amide bonds. The Morgan fingerprint density at radius 3 is 2.74 bits per heavy atom. The Morgan fingerprint density at radius 1 is 1.58 bits per heavy atom. The molecule has 0 fully saturated rings. The van der Waals surface area contributed by atoms with E-state index in [0.29, 0.717) is 5.56 Å². The number of aryl methyl sites for hydroxylation is 1. The topological polar surface area (TPSA) is 96.1 Å². The standard InChI is InChI=1S/C12H14FN3O3/c1-7-3-4-9(6-10(7)16(18)19)12(17)15-11(14)5-8(2)13/h3-4,6,8H,5H2,1-2H3,(H2,14,15,17). The molecule has 0 aliphatic rings. The summed E-state index contributed by atoms with van der Waals surface area (Å²) in [4.78, 5) is 21.9. The van der Waals surface area contributed by atoms with E-state index >= 15 is 0 Å². The van der Waals surface area contributed by atoms with E-state index < -0.39 is 17.0 Å². The molecular weight excluding hydrogens is 253 g/mol. The maximum atomic E-state index is 12.6. The van der Waals surface area contributed by atoms with Gasteiger partial charge in [-0.3, -0.25) is 20.3 Å². The second-order valence-electron chi connectivity index (χ2n) is 4.18. The Kier molecular flexibility index (Phi) is 4.68. The number of hydrogen-bond donors (Lipinski definition) is 2. The third-order valence-corrected chi connectivity index (χ3v) is 2.42. The van der Waals surface area contributed by atoms with Crippen LogP contribution in [0, 0.1) is 22.4 Å². The van der Waals surface area contributed by atoms with E-state index in [2.05, 4.69) is 5.32 Å². The first kappa shape index (κ1) is 14.7. The molecule has 0 saturated heterocycles. The molecule has 0 aliphatic carbocycles. The van der Waals surface area contributed by atoms with Crippen molar-refractivity contribution in [3.8, 4) is 0 Å². The van der Waals surface area contributed by atoms with Gasteiger partial charge in [0.1, 0.15) is 12.0 Å². The Hall–Kier alpha value is -2.31. The second-order valence-corrected chi connectivity index (χ2v) is 4.18. The van der Waals surface area contributed by atoms with Crippen LogP contribution in [-0.4, -0.2) is 22.8 Å². The maximum absolute atomic E-state index is 12.6. The molecule has 0 aromatic heterocycles. The molecule has 0 bridgehead atoms. The van der Waals surface area contributed by atoms with Gasteiger partial charge in [0.2, 0.25) is 0 Å². The summed E-state index contributed by atoms with van der Waals surface area (Å²) in [6.45, 7) is 2.84. The van der Waals surface area contributed by atoms with Crippen molar-refractivity contribution in [3.05, 3.63) is 39.4 Å². The van der Waals surface area contributed by atoms with Crippen molar-refractivity contribution in [2.24, 2.45) is 0 Å². The van der Waals surface area contributed by atoms with Crippen molar-refractivity contribution in [3.63, 3.8) is 0 Å². The lowest BCUT2D eigenvalue weighted by molar-refractivity contribution is -0.385. The van der Waals surface area contributed by atoms with E-state index in [1.54, 1.807) is 6.92 Å². The third kappa shape index (κ3) is 4.13. The first-order chi connectivity index (χ1) is 8.81. The number of carbonyl (C=O) groups is 1. The largest absolute Gasteiger partial charge is 0.310 e. The van der Waals surface area contributed by atoms with Crippen LogP contribution in [0.5, 0.6) is 0 Å². The molecule has 102 valence electrons. The van der Waals surface area contributed by atoms with Crippen molar-refractivity contribution < 1.29 is 14.1 Å². The molecule has 1 rings (SSSR count). The fourth-order valence-electron chi connectivity index (χ4n) is 1.49. The molecule has 6 nitrogen and oxygen atoms in total. The van der Waals surface area contributed by atoms with Crippen LogP contribution in [0.3, 0.4) is 0 Å². The molecule has 19 heavy (non-hydrogen) atoms. The highest BCUT2D eigenvalue weighted by atomic mass is 19.1. The summed E-state index contributed by atoms with van der Waals surface area (Å²) < 4.78 is 12.6. The summed E-state index contributed by atoms with van der Waals surface area (Å²) in [6.07, 6.45) is -1.44. The molecule has 0 spiro atoms. The number of nitrogens with zero attached hydrogens (tertiary/aromatic N) is 1. The molecule has 7 heteroatoms. The van der Waals surface area contributed by atoms with Gasteiger partial charge in [-0.25, -0.2) is 4.39 Å². The molecule has 0 radical (unpaired) electrons. The van der Waals surface area contributed by atoms with Gasteiger partial charge in [0.15, 0.2) is 0 Å². The molecule has 1 atom stereocenters. The van der Waals surface area contributed by atoms with Gasteiger partial charge in [0.05, 0.1) is 4.92 Å². The van der Waals surface area contributed by atoms with E-state index in [-0.39, 0.29) is 23.5 Å². The van der Waals surface area contributed by atoms with Crippen molar-refractivity contribution in [1.29, 1.82) is 5.41 Å². The van der Waals surface area contributed by atoms with Crippen molar-refractivity contribution in [2.45, 2.75) is 26.4 Å². The smallest absolute Gasteiger partial charge is 0.273 e. The van der Waals surface area contributed by atoms with E-state index in [4.69, 9.17) is 5.41 Å². The lowest BCUT2D eigenvalue weighted by Gasteiger charge is -2.07. The summed E-state index contributed by atoms with van der Waals surface area (Å²) in [7, 11) is 0. The average Bonchev–Trinajstić information content (AvgIpc) is 2.27. The quantitative estimate of drug-likeness (QED) is 0.379. The summed E-state index contributed by atoms with van der Waals surface area (Å²) >= 11 is 0. The van der Waals surface area contributed by atoms with Gasteiger partial charge in [-0.15, -0.1) is 0 Å². The molecule has 0 saturated carbocycles. The molecule has 1 aromatic rings. The highest BCUT2D eigenvalue weighted by Crippen LogP contribution is 2.19. The number of nitro groups is 1. The zero-order valence-corrected chi connectivity index (χ0v) is 10.6. The number of alkyl halides is 1. The molecule has 2 N–H and O–H groups in total. The van der Waals surface area contributed by atoms with E-state index in [9.17, 15) is 19.3 Å². The van der Waals surface area contributed by atoms with Crippen LogP contribution in [-0.2, 0) is 0 Å². The lowest BCUT2D eigenvalue weighted by Crippen LogP contribution is -2.31. The first-order valence-corrected chi connectivity index (χ1v) is 5.59. The van der Waals surface area contributed by atoms with Crippen LogP contribution in [0.25, 0.3) is 0 Å². The fourth-order valence-corrected chi connectivity index (χ4v) is 1.49. The summed E-state index contributed by atoms with van der Waals surface area (Å²) in [5.41, 5.74) is 0.334. The van der Waals surface area contributed by atoms with Gasteiger partial charge in [-0.1, -0.05) is 6.07 Å². The Labute approximate surface area is 109 Å². The summed E-state index contributed by atoms with van der Waals surface area (Å²) in [6, 6.07) is 4.01. The van der Waals surface area contributed by atoms with Gasteiger partial charge in [0, 0.05) is 23.6 Å². The highest BCUT2D eigenvalue weighted by molar-refractivity contribution is 6.05. The number of nitro benzene ring substituents is 1. The first-order valence-electron chi connectivity index (χ1n) is 5.59. The van der Waals surface area contributed by atoms with Crippen molar-refractivity contribution in [1.82, 2.24) is 5.32 Å². The number of halogens is 1. The van der Waals surface area contributed by atoms with Crippen LogP contribution in [0.2, 0.25) is 0 Å². The number of benzene rings is 1. The maximum Gasteiger partial charge on any atom is 0.273 e. The van der Waals surface area contributed by atoms with Gasteiger partial charge in [0.25, 0.3) is 11.6 Å². The van der Waals surface area contributed by atoms with Crippen LogP contribution in [0.15, 0.2) is 18.2 Å². The minimum absolute atomic E-state index is 0.0635. The predicted molar refractivity (Wildman–Crippen MR) is 68.2 cm³/mol. The number of carbonyl (C=O) groups excluding carboxylic acids is 1. The highest BCUT2D eigenvalue weighted by Gasteiger charge is 2.16. The Bertz CT molecular complexity index is 529. The van der Waals surface area contributed by atoms with Crippen LogP contribution in [0.4, 0.5) is 10.1 Å². The normalized spacial score (nSPS) is 11.7. The number of rotatable bonds is 4. The van der Waals surface area contributed by atoms with Crippen molar-refractivity contribution in [2.75, 3.05) is 0 Å². The van der Waals surface area contributed by atoms with E-state index in [1.165, 1.54) is 19.1 Å². The zero-order valence-electron chi connectivity index (χ0n) is 10.6. The van der Waals surface area contributed by atoms with E-state index in [0.717, 1.165) is 6.07 Å². The number of amides is 1. The van der Waals surface area contributed by atoms with Crippen LogP contribution < -0.4 is 5.32 Å². The molecule has 1 aromatic carbocycles. The lowest BCUT2D eigenvalue weighted by atomic mass is 10.1. The van der Waals surface area contributed by atoms with Gasteiger partial charge in [-0.05, 0) is 19.9 Å². The van der Waals surface area contributed by atoms with Crippen LogP contribution in [0.1, 0.15) is 29.3 Å². The number of hydrogen-bond acceptors (Lipinski definition) is 4. The van der Waals surface area contributed by atoms with Gasteiger partial charge < -0.3 is 5.32 Å². The second kappa shape index (κ2) is 6.03. The summed E-state index contributed by atoms with van der Waals surface area (Å²) in [5.74, 6) is -0.919. The zero-order chi connectivity index (χ0) is 14.6. The van der Waals surface area contributed by atoms with Crippen LogP contribution >= 0.6 is 0 Å². The minimum atomic E-state index is -1.24. The monoisotopic (exact) mass is 267 g/mol. The SMILES string of the molecule is Cc1ccc(C(=O)NC(=N)CC(C)F)cc1[N+](=O)[O-]. The summed E-state index contributed by atoms with van der Waals surface area (Å²) in [5, 5.41) is 20.3. The van der Waals surface area contributed by atoms with E-state index in [1.807, 2.05) is 0 Å². The predicted octanol–water partition coefficient (Wildman–Crippen LogP) is 2.36. The molecular formula is C12H14FN3O3. The Morgan fingerprint density at radius 2 is 2.21 bits per heavy atom. The number of nitrogens with one attached hydrogen (secondary N) is 2. The minimum Gasteiger partial charge on any atom is -0.310 e. The van der Waals surface area contributed by atoms with Gasteiger partial charge in [-0.2, -0.15) is 0 Å². The fraction of sp³-hybridized carbons (Fsp3) is 0.333. The number of amidine groups is 1. The van der Waals surface area contributed by atoms with Gasteiger partial charge >= 0.3 is 0 Å². The molecule has 0 aliphatic heterocycles. The molecule has 0 heterocycles. The Balaban J connectivity index is 2.86. The van der Waals surface area contributed by atoms with Crippen molar-refractivity contribution >= 4 is 17.4 Å².